The highest BCUT2D eigenvalue weighted by Gasteiger charge is 2.27. The van der Waals surface area contributed by atoms with Crippen molar-refractivity contribution in [1.29, 1.82) is 0 Å². The van der Waals surface area contributed by atoms with Crippen molar-refractivity contribution >= 4 is 23.4 Å². The van der Waals surface area contributed by atoms with Crippen LogP contribution in [0.3, 0.4) is 0 Å². The molecule has 0 bridgehead atoms. The largest absolute Gasteiger partial charge is 0.495 e. The third kappa shape index (κ3) is 4.71. The Morgan fingerprint density at radius 3 is 2.64 bits per heavy atom. The summed E-state index contributed by atoms with van der Waals surface area (Å²) < 4.78 is 8.47. The van der Waals surface area contributed by atoms with Gasteiger partial charge in [0, 0.05) is 41.3 Å². The highest BCUT2D eigenvalue weighted by Crippen LogP contribution is 2.35. The van der Waals surface area contributed by atoms with Gasteiger partial charge >= 0.3 is 5.97 Å². The molecule has 9 heteroatoms. The lowest BCUT2D eigenvalue weighted by molar-refractivity contribution is -0.141. The van der Waals surface area contributed by atoms with Crippen LogP contribution in [-0.4, -0.2) is 38.3 Å². The van der Waals surface area contributed by atoms with Crippen molar-refractivity contribution in [2.45, 2.75) is 44.7 Å². The molecule has 1 fully saturated rings. The normalized spacial score (nSPS) is 14.2. The van der Waals surface area contributed by atoms with Gasteiger partial charge < -0.3 is 9.84 Å². The fraction of sp³-hybridized carbons (Fsp3) is 0.333. The number of methoxy groups -OCH3 is 1. The van der Waals surface area contributed by atoms with E-state index < -0.39 is 17.6 Å². The second kappa shape index (κ2) is 9.23. The van der Waals surface area contributed by atoms with Gasteiger partial charge in [0.05, 0.1) is 25.0 Å². The predicted octanol–water partition coefficient (Wildman–Crippen LogP) is 4.17. The van der Waals surface area contributed by atoms with Crippen LogP contribution in [0, 0.1) is 0 Å². The van der Waals surface area contributed by atoms with Crippen LogP contribution in [0.5, 0.6) is 5.75 Å². The van der Waals surface area contributed by atoms with Gasteiger partial charge in [0.25, 0.3) is 5.56 Å². The molecule has 0 saturated heterocycles. The van der Waals surface area contributed by atoms with Gasteiger partial charge in [-0.05, 0) is 42.7 Å². The molecule has 1 unspecified atom stereocenters. The van der Waals surface area contributed by atoms with E-state index >= 15 is 0 Å². The molecule has 33 heavy (non-hydrogen) atoms. The summed E-state index contributed by atoms with van der Waals surface area (Å²) in [6.07, 6.45) is 5.66. The Labute approximate surface area is 195 Å². The minimum Gasteiger partial charge on any atom is -0.495 e. The molecular formula is C24H24ClN3O5. The maximum Gasteiger partial charge on any atom is 0.327 e. The van der Waals surface area contributed by atoms with Crippen molar-refractivity contribution in [2.24, 2.45) is 0 Å². The van der Waals surface area contributed by atoms with E-state index in [0.29, 0.717) is 33.4 Å². The number of benzene rings is 1. The number of hydrogen-bond donors (Lipinski definition) is 1. The smallest absolute Gasteiger partial charge is 0.327 e. The molecule has 1 aromatic carbocycles. The van der Waals surface area contributed by atoms with Crippen molar-refractivity contribution in [3.05, 3.63) is 69.4 Å². The van der Waals surface area contributed by atoms with E-state index in [2.05, 4.69) is 5.10 Å². The van der Waals surface area contributed by atoms with E-state index in [-0.39, 0.29) is 24.4 Å². The number of halogens is 1. The molecule has 172 valence electrons. The minimum absolute atomic E-state index is 0.0498. The average molecular weight is 470 g/mol. The van der Waals surface area contributed by atoms with Crippen LogP contribution < -0.4 is 10.3 Å². The van der Waals surface area contributed by atoms with Crippen LogP contribution in [-0.2, 0) is 11.2 Å². The van der Waals surface area contributed by atoms with Gasteiger partial charge in [-0.15, -0.1) is 0 Å². The van der Waals surface area contributed by atoms with Gasteiger partial charge in [-0.2, -0.15) is 5.10 Å². The third-order valence-electron chi connectivity index (χ3n) is 5.77. The summed E-state index contributed by atoms with van der Waals surface area (Å²) in [6.45, 7) is 1.75. The molecule has 2 heterocycles. The highest BCUT2D eigenvalue weighted by atomic mass is 35.5. The van der Waals surface area contributed by atoms with Crippen LogP contribution in [0.4, 0.5) is 0 Å². The van der Waals surface area contributed by atoms with E-state index in [0.717, 1.165) is 17.4 Å². The highest BCUT2D eigenvalue weighted by molar-refractivity contribution is 6.31. The maximum atomic E-state index is 13.1. The first-order valence-electron chi connectivity index (χ1n) is 10.7. The second-order valence-corrected chi connectivity index (χ2v) is 8.48. The van der Waals surface area contributed by atoms with Crippen LogP contribution in [0.25, 0.3) is 11.1 Å². The monoisotopic (exact) mass is 469 g/mol. The Bertz CT molecular complexity index is 1280. The summed E-state index contributed by atoms with van der Waals surface area (Å²) in [6, 6.07) is 7.11. The molecule has 8 nitrogen and oxygen atoms in total. The minimum atomic E-state index is -1.17. The topological polar surface area (TPSA) is 103 Å². The Hall–Kier alpha value is -3.39. The number of carbonyl (C=O) groups is 2. The molecule has 0 radical (unpaired) electrons. The number of carboxylic acid groups (broad SMARTS) is 1. The van der Waals surface area contributed by atoms with Gasteiger partial charge in [-0.3, -0.25) is 18.8 Å². The van der Waals surface area contributed by atoms with Crippen molar-refractivity contribution in [2.75, 3.05) is 7.11 Å². The van der Waals surface area contributed by atoms with Crippen LogP contribution >= 0.6 is 11.6 Å². The number of nitrogens with zero attached hydrogens (tertiary/aromatic N) is 3. The first kappa shape index (κ1) is 22.8. The quantitative estimate of drug-likeness (QED) is 0.472. The zero-order chi connectivity index (χ0) is 23.7. The van der Waals surface area contributed by atoms with Gasteiger partial charge in [-0.1, -0.05) is 18.5 Å². The molecule has 1 saturated carbocycles. The average Bonchev–Trinajstić information content (AvgIpc) is 3.55. The van der Waals surface area contributed by atoms with Crippen molar-refractivity contribution in [3.63, 3.8) is 0 Å². The van der Waals surface area contributed by atoms with Crippen LogP contribution in [0.15, 0.2) is 47.5 Å². The van der Waals surface area contributed by atoms with Gasteiger partial charge in [0.15, 0.2) is 5.78 Å². The maximum absolute atomic E-state index is 13.1. The Morgan fingerprint density at radius 1 is 1.24 bits per heavy atom. The summed E-state index contributed by atoms with van der Waals surface area (Å²) in [5.41, 5.74) is 1.31. The number of ketones is 1. The Kier molecular flexibility index (Phi) is 6.37. The van der Waals surface area contributed by atoms with Gasteiger partial charge in [-0.25, -0.2) is 4.79 Å². The molecule has 4 rings (SSSR count). The molecule has 1 aliphatic rings. The van der Waals surface area contributed by atoms with Gasteiger partial charge in [0.2, 0.25) is 0 Å². The first-order valence-corrected chi connectivity index (χ1v) is 11.1. The lowest BCUT2D eigenvalue weighted by Crippen LogP contribution is -2.31. The van der Waals surface area contributed by atoms with Crippen molar-refractivity contribution in [3.8, 4) is 16.9 Å². The van der Waals surface area contributed by atoms with Crippen molar-refractivity contribution < 1.29 is 19.4 Å². The van der Waals surface area contributed by atoms with E-state index in [4.69, 9.17) is 16.3 Å². The van der Waals surface area contributed by atoms with E-state index in [1.807, 2.05) is 10.9 Å². The number of Topliss-reactive ketones (excluding diaryl/α,β-unsaturated/α-hetero) is 1. The Balaban J connectivity index is 1.76. The Morgan fingerprint density at radius 2 is 2.00 bits per heavy atom. The lowest BCUT2D eigenvalue weighted by atomic mass is 9.96. The molecule has 2 aromatic heterocycles. The molecule has 0 spiro atoms. The van der Waals surface area contributed by atoms with Crippen LogP contribution in [0.2, 0.25) is 5.02 Å². The molecular weight excluding hydrogens is 446 g/mol. The number of carboxylic acids is 1. The fourth-order valence-electron chi connectivity index (χ4n) is 3.85. The zero-order valence-corrected chi connectivity index (χ0v) is 19.1. The number of ether oxygens (including phenoxy) is 1. The molecule has 0 aliphatic heterocycles. The number of carbonyl (C=O) groups excluding carboxylic acids is 1. The standard InChI is InChI=1S/C24H24ClN3O5/c1-3-21(29)17-7-4-14(25)10-18(17)19-12-23(30)27(13-22(19)33-2)20(24(31)32)11-15-8-9-28(26-15)16-5-6-16/h4,7-10,12-13,16,20H,3,5-6,11H2,1-2H3,(H,31,32). The summed E-state index contributed by atoms with van der Waals surface area (Å²) in [7, 11) is 1.42. The number of aromatic nitrogens is 3. The summed E-state index contributed by atoms with van der Waals surface area (Å²) in [4.78, 5) is 37.6. The summed E-state index contributed by atoms with van der Waals surface area (Å²) >= 11 is 6.17. The van der Waals surface area contributed by atoms with E-state index in [1.54, 1.807) is 31.2 Å². The molecule has 1 N–H and O–H groups in total. The van der Waals surface area contributed by atoms with E-state index in [9.17, 15) is 19.5 Å². The zero-order valence-electron chi connectivity index (χ0n) is 18.3. The van der Waals surface area contributed by atoms with Crippen molar-refractivity contribution in [1.82, 2.24) is 14.3 Å². The number of rotatable bonds is 9. The predicted molar refractivity (Wildman–Crippen MR) is 123 cm³/mol. The van der Waals surface area contributed by atoms with E-state index in [1.165, 1.54) is 19.4 Å². The third-order valence-corrected chi connectivity index (χ3v) is 6.00. The molecule has 3 aromatic rings. The number of hydrogen-bond acceptors (Lipinski definition) is 5. The number of pyridine rings is 1. The summed E-state index contributed by atoms with van der Waals surface area (Å²) in [5.74, 6) is -1.00. The first-order chi connectivity index (χ1) is 15.8. The molecule has 1 atom stereocenters. The van der Waals surface area contributed by atoms with Gasteiger partial charge in [0.1, 0.15) is 11.8 Å². The number of aliphatic carboxylic acids is 1. The summed E-state index contributed by atoms with van der Waals surface area (Å²) in [5, 5.41) is 14.7. The SMILES string of the molecule is CCC(=O)c1ccc(Cl)cc1-c1cc(=O)n(C(Cc2ccn(C3CC3)n2)C(=O)O)cc1OC. The molecule has 0 amide bonds. The fourth-order valence-corrected chi connectivity index (χ4v) is 4.02. The second-order valence-electron chi connectivity index (χ2n) is 8.04. The molecule has 1 aliphatic carbocycles. The van der Waals surface area contributed by atoms with Crippen LogP contribution in [0.1, 0.15) is 54.3 Å². The lowest BCUT2D eigenvalue weighted by Gasteiger charge is -2.19.